The molecule has 0 amide bonds. The van der Waals surface area contributed by atoms with E-state index in [2.05, 4.69) is 15.9 Å². The molecule has 0 radical (unpaired) electrons. The Balaban J connectivity index is 2.85. The van der Waals surface area contributed by atoms with Crippen LogP contribution in [0.5, 0.6) is 0 Å². The van der Waals surface area contributed by atoms with Crippen molar-refractivity contribution in [1.29, 1.82) is 0 Å². The zero-order valence-electron chi connectivity index (χ0n) is 10.8. The van der Waals surface area contributed by atoms with Crippen LogP contribution < -0.4 is 0 Å². The Kier molecular flexibility index (Phi) is 5.08. The molecule has 0 spiro atoms. The lowest BCUT2D eigenvalue weighted by atomic mass is 9.80. The van der Waals surface area contributed by atoms with E-state index in [0.717, 1.165) is 10.0 Å². The maximum Gasteiger partial charge on any atom is 0.374 e. The number of halogens is 1. The summed E-state index contributed by atoms with van der Waals surface area (Å²) in [5, 5.41) is 0. The molecule has 0 saturated heterocycles. The lowest BCUT2D eigenvalue weighted by Gasteiger charge is -2.25. The van der Waals surface area contributed by atoms with E-state index >= 15 is 0 Å². The number of carbonyl (C=O) groups excluding carboxylic acids is 2. The Morgan fingerprint density at radius 1 is 1.28 bits per heavy atom. The van der Waals surface area contributed by atoms with Gasteiger partial charge < -0.3 is 4.74 Å². The van der Waals surface area contributed by atoms with Gasteiger partial charge in [0.25, 0.3) is 0 Å². The Bertz CT molecular complexity index is 452. The molecule has 0 bridgehead atoms. The second-order valence-corrected chi connectivity index (χ2v) is 5.54. The average Bonchev–Trinajstić information content (AvgIpc) is 2.29. The van der Waals surface area contributed by atoms with Gasteiger partial charge in [0.1, 0.15) is 0 Å². The van der Waals surface area contributed by atoms with Gasteiger partial charge in [-0.1, -0.05) is 48.0 Å². The van der Waals surface area contributed by atoms with Gasteiger partial charge in [0.05, 0.1) is 6.61 Å². The van der Waals surface area contributed by atoms with Crippen molar-refractivity contribution in [2.75, 3.05) is 6.61 Å². The van der Waals surface area contributed by atoms with Gasteiger partial charge in [-0.05, 0) is 24.0 Å². The SMILES string of the molecule is CCOC(=O)C(=O)CC(C)(C)c1ccccc1Br. The summed E-state index contributed by atoms with van der Waals surface area (Å²) in [5.74, 6) is -1.24. The van der Waals surface area contributed by atoms with Crippen LogP contribution in [0.25, 0.3) is 0 Å². The van der Waals surface area contributed by atoms with Crippen molar-refractivity contribution in [3.8, 4) is 0 Å². The van der Waals surface area contributed by atoms with Crippen molar-refractivity contribution in [1.82, 2.24) is 0 Å². The third kappa shape index (κ3) is 3.67. The zero-order valence-corrected chi connectivity index (χ0v) is 12.4. The number of hydrogen-bond donors (Lipinski definition) is 0. The molecule has 0 aliphatic rings. The van der Waals surface area contributed by atoms with E-state index < -0.39 is 17.2 Å². The van der Waals surface area contributed by atoms with Gasteiger partial charge in [0, 0.05) is 10.9 Å². The Hall–Kier alpha value is -1.16. The standard InChI is InChI=1S/C14H17BrO3/c1-4-18-13(17)12(16)9-14(2,3)10-7-5-6-8-11(10)15/h5-8H,4,9H2,1-3H3. The van der Waals surface area contributed by atoms with Crippen LogP contribution in [0.3, 0.4) is 0 Å². The molecule has 0 saturated carbocycles. The van der Waals surface area contributed by atoms with Crippen LogP contribution in [0.15, 0.2) is 28.7 Å². The van der Waals surface area contributed by atoms with Crippen molar-refractivity contribution >= 4 is 27.7 Å². The molecule has 0 aromatic heterocycles. The number of hydrogen-bond acceptors (Lipinski definition) is 3. The molecule has 0 heterocycles. The zero-order chi connectivity index (χ0) is 13.8. The van der Waals surface area contributed by atoms with E-state index in [-0.39, 0.29) is 13.0 Å². The fourth-order valence-corrected chi connectivity index (χ4v) is 2.61. The fraction of sp³-hybridized carbons (Fsp3) is 0.429. The van der Waals surface area contributed by atoms with Crippen LogP contribution >= 0.6 is 15.9 Å². The first kappa shape index (κ1) is 14.9. The van der Waals surface area contributed by atoms with E-state index in [4.69, 9.17) is 4.74 Å². The third-order valence-corrected chi connectivity index (χ3v) is 3.40. The summed E-state index contributed by atoms with van der Waals surface area (Å²) in [6.07, 6.45) is 0.133. The van der Waals surface area contributed by atoms with E-state index in [0.29, 0.717) is 0 Å². The second kappa shape index (κ2) is 6.14. The summed E-state index contributed by atoms with van der Waals surface area (Å²) < 4.78 is 5.65. The first-order valence-corrected chi connectivity index (χ1v) is 6.62. The number of ketones is 1. The predicted octanol–water partition coefficient (Wildman–Crippen LogP) is 3.25. The molecule has 0 N–H and O–H groups in total. The Morgan fingerprint density at radius 2 is 1.89 bits per heavy atom. The van der Waals surface area contributed by atoms with E-state index in [1.54, 1.807) is 6.92 Å². The van der Waals surface area contributed by atoms with Gasteiger partial charge in [0.2, 0.25) is 5.78 Å². The van der Waals surface area contributed by atoms with Crippen LogP contribution in [0, 0.1) is 0 Å². The lowest BCUT2D eigenvalue weighted by Crippen LogP contribution is -2.28. The van der Waals surface area contributed by atoms with Gasteiger partial charge in [-0.25, -0.2) is 4.79 Å². The van der Waals surface area contributed by atoms with Crippen molar-refractivity contribution in [2.24, 2.45) is 0 Å². The fourth-order valence-electron chi connectivity index (χ4n) is 1.79. The highest BCUT2D eigenvalue weighted by atomic mass is 79.9. The van der Waals surface area contributed by atoms with E-state index in [9.17, 15) is 9.59 Å². The summed E-state index contributed by atoms with van der Waals surface area (Å²) in [6, 6.07) is 7.70. The van der Waals surface area contributed by atoms with Crippen molar-refractivity contribution < 1.29 is 14.3 Å². The number of rotatable bonds is 5. The summed E-state index contributed by atoms with van der Waals surface area (Å²) in [5.41, 5.74) is 0.590. The minimum atomic E-state index is -0.752. The molecule has 0 aliphatic heterocycles. The normalized spacial score (nSPS) is 11.1. The number of ether oxygens (including phenoxy) is 1. The van der Waals surface area contributed by atoms with E-state index in [1.807, 2.05) is 38.1 Å². The van der Waals surface area contributed by atoms with Crippen LogP contribution in [-0.2, 0) is 19.7 Å². The highest BCUT2D eigenvalue weighted by Crippen LogP contribution is 2.32. The highest BCUT2D eigenvalue weighted by Gasteiger charge is 2.29. The summed E-state index contributed by atoms with van der Waals surface area (Å²) in [4.78, 5) is 23.1. The molecule has 0 fully saturated rings. The smallest absolute Gasteiger partial charge is 0.374 e. The summed E-state index contributed by atoms with van der Waals surface area (Å²) >= 11 is 3.46. The molecule has 1 aromatic carbocycles. The number of esters is 1. The molecule has 1 aromatic rings. The number of carbonyl (C=O) groups is 2. The molecule has 0 atom stereocenters. The van der Waals surface area contributed by atoms with Crippen LogP contribution in [0.2, 0.25) is 0 Å². The quantitative estimate of drug-likeness (QED) is 0.619. The molecule has 4 heteroatoms. The Morgan fingerprint density at radius 3 is 2.44 bits per heavy atom. The van der Waals surface area contributed by atoms with Crippen molar-refractivity contribution in [2.45, 2.75) is 32.6 Å². The monoisotopic (exact) mass is 312 g/mol. The number of Topliss-reactive ketones (excluding diaryl/α,β-unsaturated/α-hetero) is 1. The number of benzene rings is 1. The largest absolute Gasteiger partial charge is 0.460 e. The molecule has 18 heavy (non-hydrogen) atoms. The second-order valence-electron chi connectivity index (χ2n) is 4.68. The van der Waals surface area contributed by atoms with Gasteiger partial charge in [-0.3, -0.25) is 4.79 Å². The molecule has 1 rings (SSSR count). The first-order chi connectivity index (χ1) is 8.38. The minimum Gasteiger partial charge on any atom is -0.460 e. The van der Waals surface area contributed by atoms with Crippen LogP contribution in [0.4, 0.5) is 0 Å². The van der Waals surface area contributed by atoms with Crippen LogP contribution in [0.1, 0.15) is 32.8 Å². The maximum absolute atomic E-state index is 11.7. The molecular formula is C14H17BrO3. The van der Waals surface area contributed by atoms with Gasteiger partial charge >= 0.3 is 5.97 Å². The third-order valence-electron chi connectivity index (χ3n) is 2.71. The molecular weight excluding hydrogens is 296 g/mol. The summed E-state index contributed by atoms with van der Waals surface area (Å²) in [7, 11) is 0. The minimum absolute atomic E-state index is 0.133. The predicted molar refractivity (Wildman–Crippen MR) is 73.4 cm³/mol. The van der Waals surface area contributed by atoms with Crippen molar-refractivity contribution in [3.63, 3.8) is 0 Å². The van der Waals surface area contributed by atoms with Gasteiger partial charge in [-0.2, -0.15) is 0 Å². The summed E-state index contributed by atoms with van der Waals surface area (Å²) in [6.45, 7) is 5.78. The van der Waals surface area contributed by atoms with Gasteiger partial charge in [0.15, 0.2) is 0 Å². The van der Waals surface area contributed by atoms with E-state index in [1.165, 1.54) is 0 Å². The molecule has 98 valence electrons. The highest BCUT2D eigenvalue weighted by molar-refractivity contribution is 9.10. The first-order valence-electron chi connectivity index (χ1n) is 5.83. The molecule has 3 nitrogen and oxygen atoms in total. The maximum atomic E-state index is 11.7. The van der Waals surface area contributed by atoms with Crippen molar-refractivity contribution in [3.05, 3.63) is 34.3 Å². The Labute approximate surface area is 116 Å². The van der Waals surface area contributed by atoms with Crippen LogP contribution in [-0.4, -0.2) is 18.4 Å². The molecule has 0 aliphatic carbocycles. The average molecular weight is 313 g/mol. The lowest BCUT2D eigenvalue weighted by molar-refractivity contribution is -0.154. The molecule has 0 unspecified atom stereocenters. The van der Waals surface area contributed by atoms with Gasteiger partial charge in [-0.15, -0.1) is 0 Å². The topological polar surface area (TPSA) is 43.4 Å².